The zero-order chi connectivity index (χ0) is 24.0. The molecule has 2 nitrogen and oxygen atoms in total. The zero-order valence-corrected chi connectivity index (χ0v) is 19.1. The van der Waals surface area contributed by atoms with Gasteiger partial charge in [-0.2, -0.15) is 0 Å². The average Bonchev–Trinajstić information content (AvgIpc) is 2.80. The van der Waals surface area contributed by atoms with Crippen molar-refractivity contribution in [3.8, 4) is 22.6 Å². The summed E-state index contributed by atoms with van der Waals surface area (Å²) in [5.74, 6) is 0.387. The summed E-state index contributed by atoms with van der Waals surface area (Å²) in [7, 11) is 0. The Balaban J connectivity index is 1.34. The van der Waals surface area contributed by atoms with Gasteiger partial charge >= 0.3 is 6.36 Å². The molecule has 1 heterocycles. The third kappa shape index (κ3) is 4.63. The van der Waals surface area contributed by atoms with E-state index < -0.39 is 23.7 Å². The van der Waals surface area contributed by atoms with Gasteiger partial charge in [-0.3, -0.25) is 0 Å². The van der Waals surface area contributed by atoms with Crippen molar-refractivity contribution >= 4 is 0 Å². The Morgan fingerprint density at radius 1 is 0.882 bits per heavy atom. The molecule has 34 heavy (non-hydrogen) atoms. The van der Waals surface area contributed by atoms with Crippen LogP contribution >= 0.6 is 0 Å². The number of rotatable bonds is 3. The first-order valence-electron chi connectivity index (χ1n) is 12.2. The van der Waals surface area contributed by atoms with Gasteiger partial charge in [-0.25, -0.2) is 8.78 Å². The maximum absolute atomic E-state index is 15.4. The Bertz CT molecular complexity index is 1040. The lowest BCUT2D eigenvalue weighted by atomic mass is 9.64. The lowest BCUT2D eigenvalue weighted by Gasteiger charge is -2.44. The largest absolute Gasteiger partial charge is 0.573 e. The van der Waals surface area contributed by atoms with E-state index in [1.807, 2.05) is 6.07 Å². The standard InChI is InChI=1S/C27H29F5O2/c1-15-2-4-16(5-3-15)17-6-8-20-19(12-17)14-33-26-22(20)10-9-21(25(26)29)18-7-11-24(23(28)13-18)34-27(30,31)32/h7,9-11,13,15-17,19-20H,2-6,8,12,14H2,1H3. The van der Waals surface area contributed by atoms with E-state index in [2.05, 4.69) is 11.7 Å². The summed E-state index contributed by atoms with van der Waals surface area (Å²) in [6.45, 7) is 2.80. The second kappa shape index (κ2) is 9.04. The van der Waals surface area contributed by atoms with Crippen LogP contribution in [-0.4, -0.2) is 13.0 Å². The molecule has 2 aromatic rings. The van der Waals surface area contributed by atoms with Crippen molar-refractivity contribution in [3.63, 3.8) is 0 Å². The number of ether oxygens (including phenoxy) is 2. The number of fused-ring (bicyclic) bond motifs is 3. The molecule has 0 spiro atoms. The van der Waals surface area contributed by atoms with Crippen LogP contribution in [0.5, 0.6) is 11.5 Å². The molecule has 3 aliphatic rings. The van der Waals surface area contributed by atoms with Crippen LogP contribution in [0.1, 0.15) is 63.4 Å². The van der Waals surface area contributed by atoms with Gasteiger partial charge < -0.3 is 9.47 Å². The molecule has 5 rings (SSSR count). The normalized spacial score (nSPS) is 29.1. The predicted octanol–water partition coefficient (Wildman–Crippen LogP) is 8.25. The van der Waals surface area contributed by atoms with Crippen molar-refractivity contribution in [1.82, 2.24) is 0 Å². The SMILES string of the molecule is CC1CCC(C2CCC3c4ccc(-c5ccc(OC(F)(F)F)c(F)c5)c(F)c4OCC3C2)CC1. The molecule has 2 fully saturated rings. The van der Waals surface area contributed by atoms with Crippen LogP contribution in [0.3, 0.4) is 0 Å². The van der Waals surface area contributed by atoms with Gasteiger partial charge in [-0.05, 0) is 73.5 Å². The lowest BCUT2D eigenvalue weighted by molar-refractivity contribution is -0.275. The number of hydrogen-bond acceptors (Lipinski definition) is 2. The van der Waals surface area contributed by atoms with E-state index in [4.69, 9.17) is 4.74 Å². The highest BCUT2D eigenvalue weighted by Gasteiger charge is 2.40. The molecular weight excluding hydrogens is 451 g/mol. The van der Waals surface area contributed by atoms with Crippen molar-refractivity contribution in [2.24, 2.45) is 23.7 Å². The monoisotopic (exact) mass is 480 g/mol. The van der Waals surface area contributed by atoms with Gasteiger partial charge in [0.25, 0.3) is 0 Å². The van der Waals surface area contributed by atoms with Gasteiger partial charge in [0.1, 0.15) is 0 Å². The Labute approximate surface area is 196 Å². The highest BCUT2D eigenvalue weighted by Crippen LogP contribution is 2.51. The van der Waals surface area contributed by atoms with E-state index >= 15 is 4.39 Å². The first-order chi connectivity index (χ1) is 16.2. The van der Waals surface area contributed by atoms with Gasteiger partial charge in [-0.15, -0.1) is 13.2 Å². The molecule has 184 valence electrons. The highest BCUT2D eigenvalue weighted by molar-refractivity contribution is 5.68. The maximum atomic E-state index is 15.4. The first kappa shape index (κ1) is 23.4. The number of alkyl halides is 3. The summed E-state index contributed by atoms with van der Waals surface area (Å²) >= 11 is 0. The first-order valence-corrected chi connectivity index (χ1v) is 12.2. The number of halogens is 5. The van der Waals surface area contributed by atoms with Crippen LogP contribution < -0.4 is 9.47 Å². The molecule has 0 N–H and O–H groups in total. The zero-order valence-electron chi connectivity index (χ0n) is 19.1. The smallest absolute Gasteiger partial charge is 0.490 e. The third-order valence-electron chi connectivity index (χ3n) is 8.19. The fourth-order valence-electron chi connectivity index (χ4n) is 6.38. The molecule has 0 saturated heterocycles. The summed E-state index contributed by atoms with van der Waals surface area (Å²) in [6, 6.07) is 6.35. The van der Waals surface area contributed by atoms with E-state index in [9.17, 15) is 17.6 Å². The second-order valence-corrected chi connectivity index (χ2v) is 10.3. The Kier molecular flexibility index (Phi) is 6.23. The summed E-state index contributed by atoms with van der Waals surface area (Å²) in [4.78, 5) is 0. The molecule has 0 aromatic heterocycles. The van der Waals surface area contributed by atoms with Gasteiger partial charge in [0.05, 0.1) is 6.61 Å². The summed E-state index contributed by atoms with van der Waals surface area (Å²) in [5, 5.41) is 0. The summed E-state index contributed by atoms with van der Waals surface area (Å²) in [6.07, 6.45) is 3.50. The molecule has 0 bridgehead atoms. The van der Waals surface area contributed by atoms with Gasteiger partial charge in [0.15, 0.2) is 23.1 Å². The van der Waals surface area contributed by atoms with E-state index in [1.165, 1.54) is 31.7 Å². The van der Waals surface area contributed by atoms with Crippen molar-refractivity contribution in [3.05, 3.63) is 47.5 Å². The molecular formula is C27H29F5O2. The maximum Gasteiger partial charge on any atom is 0.573 e. The fourth-order valence-corrected chi connectivity index (χ4v) is 6.38. The molecule has 2 aliphatic carbocycles. The van der Waals surface area contributed by atoms with Gasteiger partial charge in [-0.1, -0.05) is 38.0 Å². The van der Waals surface area contributed by atoms with E-state index in [1.54, 1.807) is 6.07 Å². The third-order valence-corrected chi connectivity index (χ3v) is 8.19. The minimum atomic E-state index is -5.00. The molecule has 1 aliphatic heterocycles. The number of benzene rings is 2. The Morgan fingerprint density at radius 3 is 2.32 bits per heavy atom. The summed E-state index contributed by atoms with van der Waals surface area (Å²) < 4.78 is 76.5. The van der Waals surface area contributed by atoms with Crippen molar-refractivity contribution in [2.75, 3.05) is 6.61 Å². The molecule has 2 aromatic carbocycles. The molecule has 3 unspecified atom stereocenters. The van der Waals surface area contributed by atoms with Crippen LogP contribution in [0.15, 0.2) is 30.3 Å². The fraction of sp³-hybridized carbons (Fsp3) is 0.556. The molecule has 0 amide bonds. The highest BCUT2D eigenvalue weighted by atomic mass is 19.4. The second-order valence-electron chi connectivity index (χ2n) is 10.3. The molecule has 0 radical (unpaired) electrons. The predicted molar refractivity (Wildman–Crippen MR) is 119 cm³/mol. The van der Waals surface area contributed by atoms with Crippen LogP contribution in [0, 0.1) is 35.3 Å². The van der Waals surface area contributed by atoms with Crippen LogP contribution in [0.2, 0.25) is 0 Å². The molecule has 3 atom stereocenters. The van der Waals surface area contributed by atoms with Gasteiger partial charge in [0, 0.05) is 17.0 Å². The van der Waals surface area contributed by atoms with Crippen molar-refractivity contribution in [1.29, 1.82) is 0 Å². The van der Waals surface area contributed by atoms with Crippen molar-refractivity contribution < 1.29 is 31.4 Å². The van der Waals surface area contributed by atoms with E-state index in [0.717, 1.165) is 48.8 Å². The lowest BCUT2D eigenvalue weighted by Crippen LogP contribution is -2.35. The van der Waals surface area contributed by atoms with Crippen LogP contribution in [-0.2, 0) is 0 Å². The van der Waals surface area contributed by atoms with E-state index in [0.29, 0.717) is 18.4 Å². The van der Waals surface area contributed by atoms with Gasteiger partial charge in [0.2, 0.25) is 0 Å². The van der Waals surface area contributed by atoms with Crippen LogP contribution in [0.25, 0.3) is 11.1 Å². The minimum Gasteiger partial charge on any atom is -0.490 e. The molecule has 7 heteroatoms. The summed E-state index contributed by atoms with van der Waals surface area (Å²) in [5.41, 5.74) is 1.08. The Hall–Kier alpha value is -2.31. The van der Waals surface area contributed by atoms with E-state index in [-0.39, 0.29) is 22.8 Å². The van der Waals surface area contributed by atoms with Crippen molar-refractivity contribution in [2.45, 2.75) is 64.1 Å². The minimum absolute atomic E-state index is 0.0969. The molecule has 2 saturated carbocycles. The number of hydrogen-bond donors (Lipinski definition) is 0. The topological polar surface area (TPSA) is 18.5 Å². The Morgan fingerprint density at radius 2 is 1.62 bits per heavy atom. The average molecular weight is 481 g/mol. The quantitative estimate of drug-likeness (QED) is 0.412. The van der Waals surface area contributed by atoms with Crippen LogP contribution in [0.4, 0.5) is 22.0 Å².